The van der Waals surface area contributed by atoms with Crippen LogP contribution in [0.25, 0.3) is 0 Å². The van der Waals surface area contributed by atoms with Gasteiger partial charge >= 0.3 is 15.2 Å². The first-order valence-corrected chi connectivity index (χ1v) is 5.60. The van der Waals surface area contributed by atoms with Crippen molar-refractivity contribution >= 4 is 43.1 Å². The highest BCUT2D eigenvalue weighted by Crippen LogP contribution is 2.21. The van der Waals surface area contributed by atoms with Gasteiger partial charge < -0.3 is 4.79 Å². The summed E-state index contributed by atoms with van der Waals surface area (Å²) in [5, 5.41) is 0.573. The van der Waals surface area contributed by atoms with Gasteiger partial charge in [0.1, 0.15) is 0 Å². The van der Waals surface area contributed by atoms with Crippen molar-refractivity contribution in [3.63, 3.8) is 0 Å². The molecule has 2 atom stereocenters. The van der Waals surface area contributed by atoms with E-state index in [2.05, 4.69) is 0 Å². The van der Waals surface area contributed by atoms with E-state index in [4.69, 9.17) is 23.2 Å². The van der Waals surface area contributed by atoms with Crippen molar-refractivity contribution in [3.05, 3.63) is 0 Å². The van der Waals surface area contributed by atoms with Crippen LogP contribution in [0.4, 0.5) is 0 Å². The molecule has 0 bridgehead atoms. The zero-order valence-corrected chi connectivity index (χ0v) is 7.87. The van der Waals surface area contributed by atoms with Gasteiger partial charge in [0.15, 0.2) is 0 Å². The van der Waals surface area contributed by atoms with Crippen LogP contribution in [0.2, 0.25) is 5.28 Å². The van der Waals surface area contributed by atoms with Crippen LogP contribution in [0.15, 0.2) is 0 Å². The van der Waals surface area contributed by atoms with Gasteiger partial charge in [0.25, 0.3) is 0 Å². The van der Waals surface area contributed by atoms with Crippen molar-refractivity contribution in [1.29, 1.82) is 0 Å². The molecule has 1 aliphatic heterocycles. The predicted molar refractivity (Wildman–Crippen MR) is 40.9 cm³/mol. The smallest absolute Gasteiger partial charge is 0.320 e. The van der Waals surface area contributed by atoms with Crippen molar-refractivity contribution in [2.45, 2.75) is 22.5 Å². The Hall–Kier alpha value is 0.782. The highest BCUT2D eigenvalue weighted by atomic mass is 35.5. The molecule has 2 unspecified atom stereocenters. The molecule has 0 aliphatic carbocycles. The third kappa shape index (κ3) is 1.85. The van der Waals surface area contributed by atoms with Gasteiger partial charge in [0.2, 0.25) is 0 Å². The fourth-order valence-corrected chi connectivity index (χ4v) is 3.67. The number of carbonyl (C=O) groups is 1. The second-order valence-electron chi connectivity index (χ2n) is 2.28. The third-order valence-corrected chi connectivity index (χ3v) is 4.63. The van der Waals surface area contributed by atoms with Crippen LogP contribution in [0.5, 0.6) is 0 Å². The highest BCUT2D eigenvalue weighted by molar-refractivity contribution is 6.79. The molecule has 0 radical (unpaired) electrons. The maximum Gasteiger partial charge on any atom is 0.345 e. The van der Waals surface area contributed by atoms with E-state index < -0.39 is 15.2 Å². The summed E-state index contributed by atoms with van der Waals surface area (Å²) < 4.78 is 0.239. The average Bonchev–Trinajstić information content (AvgIpc) is 1.83. The standard InChI is InChI=1S/C5H6Cl2O.Al.H/c1-2-4(6)5(7)3-8;;/h4-5H,1-2H2;;. The first-order valence-electron chi connectivity index (χ1n) is 3.02. The number of carbonyl (C=O) groups excluding carboxylic acids is 1. The summed E-state index contributed by atoms with van der Waals surface area (Å²) in [6.07, 6.45) is 0.938. The van der Waals surface area contributed by atoms with E-state index in [-0.39, 0.29) is 15.4 Å². The van der Waals surface area contributed by atoms with Gasteiger partial charge in [0, 0.05) is 0 Å². The van der Waals surface area contributed by atoms with E-state index in [1.54, 1.807) is 0 Å². The molecule has 4 heteroatoms. The summed E-state index contributed by atoms with van der Waals surface area (Å²) in [5.74, 6) is 0. The molecule has 9 heavy (non-hydrogen) atoms. The van der Waals surface area contributed by atoms with Crippen LogP contribution in [0.1, 0.15) is 6.42 Å². The number of halogens is 2. The SMILES string of the molecule is O=[C]1[AlH][CH2]CC(Cl)C1Cl. The lowest BCUT2D eigenvalue weighted by atomic mass is 10.2. The molecule has 1 nitrogen and oxygen atoms in total. The van der Waals surface area contributed by atoms with Crippen LogP contribution in [0.3, 0.4) is 0 Å². The Kier molecular flexibility index (Phi) is 2.85. The molecule has 1 fully saturated rings. The predicted octanol–water partition coefficient (Wildman–Crippen LogP) is 0.986. The van der Waals surface area contributed by atoms with Crippen molar-refractivity contribution in [3.8, 4) is 0 Å². The number of hydrogen-bond donors (Lipinski definition) is 0. The van der Waals surface area contributed by atoms with E-state index >= 15 is 0 Å². The molecule has 0 saturated carbocycles. The van der Waals surface area contributed by atoms with E-state index in [1.165, 1.54) is 0 Å². The normalized spacial score (nSPS) is 36.0. The zero-order chi connectivity index (χ0) is 6.85. The summed E-state index contributed by atoms with van der Waals surface area (Å²) in [5.41, 5.74) is 0. The Morgan fingerprint density at radius 1 is 1.56 bits per heavy atom. The molecule has 1 heterocycles. The maximum absolute atomic E-state index is 10.8. The van der Waals surface area contributed by atoms with Crippen LogP contribution in [-0.4, -0.2) is 30.6 Å². The molecule has 50 valence electrons. The fourth-order valence-electron chi connectivity index (χ4n) is 0.957. The van der Waals surface area contributed by atoms with Gasteiger partial charge in [0.05, 0.1) is 15.4 Å². The largest absolute Gasteiger partial charge is 0.345 e. The monoisotopic (exact) mass is 180 g/mol. The molecule has 1 saturated heterocycles. The van der Waals surface area contributed by atoms with Crippen molar-refractivity contribution in [2.24, 2.45) is 0 Å². The zero-order valence-electron chi connectivity index (χ0n) is 4.94. The first kappa shape index (κ1) is 7.88. The van der Waals surface area contributed by atoms with Gasteiger partial charge in [-0.3, -0.25) is 0 Å². The van der Waals surface area contributed by atoms with E-state index in [1.807, 2.05) is 0 Å². The summed E-state index contributed by atoms with van der Waals surface area (Å²) in [7, 11) is 0. The van der Waals surface area contributed by atoms with Gasteiger partial charge in [-0.2, -0.15) is 0 Å². The molecule has 0 amide bonds. The van der Waals surface area contributed by atoms with Crippen LogP contribution >= 0.6 is 23.2 Å². The Morgan fingerprint density at radius 2 is 2.22 bits per heavy atom. The van der Waals surface area contributed by atoms with Crippen molar-refractivity contribution in [1.82, 2.24) is 0 Å². The van der Waals surface area contributed by atoms with Gasteiger partial charge in [-0.05, 0) is 6.42 Å². The van der Waals surface area contributed by atoms with Gasteiger partial charge in [-0.25, -0.2) is 0 Å². The van der Waals surface area contributed by atoms with E-state index in [0.29, 0.717) is 0 Å². The van der Waals surface area contributed by atoms with Crippen molar-refractivity contribution < 1.29 is 4.79 Å². The first-order chi connectivity index (χ1) is 4.22. The lowest BCUT2D eigenvalue weighted by Gasteiger charge is -2.18. The highest BCUT2D eigenvalue weighted by Gasteiger charge is 2.29. The molecule has 0 aromatic carbocycles. The summed E-state index contributed by atoms with van der Waals surface area (Å²) in [6.45, 7) is 0. The lowest BCUT2D eigenvalue weighted by Crippen LogP contribution is -2.34. The molecule has 0 aromatic heterocycles. The molecule has 1 aliphatic rings. The van der Waals surface area contributed by atoms with Crippen LogP contribution < -0.4 is 0 Å². The van der Waals surface area contributed by atoms with Gasteiger partial charge in [-0.1, -0.05) is 5.28 Å². The van der Waals surface area contributed by atoms with Crippen LogP contribution in [0, 0.1) is 0 Å². The minimum absolute atomic E-state index is 0.0968. The lowest BCUT2D eigenvalue weighted by molar-refractivity contribution is -0.112. The molecule has 1 rings (SSSR count). The number of rotatable bonds is 0. The summed E-state index contributed by atoms with van der Waals surface area (Å²) in [4.78, 5) is 10.8. The Labute approximate surface area is 70.4 Å². The second kappa shape index (κ2) is 3.26. The minimum Gasteiger partial charge on any atom is -0.320 e. The maximum atomic E-state index is 10.8. The second-order valence-corrected chi connectivity index (χ2v) is 5.21. The Bertz CT molecular complexity index is 128. The van der Waals surface area contributed by atoms with Crippen LogP contribution in [-0.2, 0) is 4.79 Å². The summed E-state index contributed by atoms with van der Waals surface area (Å²) >= 11 is 10.9. The average molecular weight is 181 g/mol. The Balaban J connectivity index is 2.51. The third-order valence-electron chi connectivity index (χ3n) is 1.53. The molecular weight excluding hydrogens is 174 g/mol. The minimum atomic E-state index is -0.502. The molecule has 0 aromatic rings. The summed E-state index contributed by atoms with van der Waals surface area (Å²) in [6, 6.07) is 0. The Morgan fingerprint density at radius 3 is 2.67 bits per heavy atom. The fraction of sp³-hybridized carbons (Fsp3) is 0.800. The van der Waals surface area contributed by atoms with Crippen molar-refractivity contribution in [2.75, 3.05) is 0 Å². The van der Waals surface area contributed by atoms with E-state index in [9.17, 15) is 4.79 Å². The topological polar surface area (TPSA) is 17.1 Å². The molecular formula is C5H7AlCl2O. The van der Waals surface area contributed by atoms with Gasteiger partial charge in [-0.15, -0.1) is 23.2 Å². The molecule has 0 N–H and O–H groups in total. The molecule has 0 spiro atoms. The van der Waals surface area contributed by atoms with E-state index in [0.717, 1.165) is 11.7 Å². The quantitative estimate of drug-likeness (QED) is 0.402. The number of hydrogen-bond acceptors (Lipinski definition) is 1. The number of alkyl halides is 2.